The number of aliphatic carboxylic acids is 1. The van der Waals surface area contributed by atoms with Crippen molar-refractivity contribution in [2.24, 2.45) is 0 Å². The fourth-order valence-electron chi connectivity index (χ4n) is 2.76. The Kier molecular flexibility index (Phi) is 11.2. The Morgan fingerprint density at radius 2 is 1.83 bits per heavy atom. The summed E-state index contributed by atoms with van der Waals surface area (Å²) in [6, 6.07) is 1.00. The van der Waals surface area contributed by atoms with E-state index in [-0.39, 0.29) is 0 Å². The quantitative estimate of drug-likeness (QED) is 0.696. The molecule has 1 N–H and O–H groups in total. The highest BCUT2D eigenvalue weighted by Gasteiger charge is 2.25. The molecule has 0 spiro atoms. The molecule has 0 radical (unpaired) electrons. The van der Waals surface area contributed by atoms with Gasteiger partial charge in [-0.1, -0.05) is 33.1 Å². The van der Waals surface area contributed by atoms with Gasteiger partial charge in [0.1, 0.15) is 0 Å². The Balaban J connectivity index is 0.000000631. The zero-order chi connectivity index (χ0) is 13.8. The molecule has 3 nitrogen and oxygen atoms in total. The van der Waals surface area contributed by atoms with Crippen LogP contribution in [0.3, 0.4) is 0 Å². The average molecular weight is 257 g/mol. The van der Waals surface area contributed by atoms with Crippen LogP contribution in [0.25, 0.3) is 0 Å². The van der Waals surface area contributed by atoms with Crippen molar-refractivity contribution < 1.29 is 14.8 Å². The van der Waals surface area contributed by atoms with Gasteiger partial charge in [-0.05, 0) is 26.2 Å². The highest BCUT2D eigenvalue weighted by atomic mass is 16.4. The first-order valence-corrected chi connectivity index (χ1v) is 7.63. The smallest absolute Gasteiger partial charge is 0.0874 e. The highest BCUT2D eigenvalue weighted by Crippen LogP contribution is 2.05. The summed E-state index contributed by atoms with van der Waals surface area (Å²) in [5, 5.41) is 8.89. The van der Waals surface area contributed by atoms with E-state index in [0.717, 1.165) is 13.0 Å². The Bertz CT molecular complexity index is 203. The van der Waals surface area contributed by atoms with E-state index in [1.807, 2.05) is 4.90 Å². The van der Waals surface area contributed by atoms with E-state index in [0.29, 0.717) is 0 Å². The summed E-state index contributed by atoms with van der Waals surface area (Å²) in [4.78, 5) is 10.8. The van der Waals surface area contributed by atoms with Gasteiger partial charge in [-0.15, -0.1) is 0 Å². The second-order valence-corrected chi connectivity index (χ2v) is 5.31. The zero-order valence-electron chi connectivity index (χ0n) is 12.5. The summed E-state index contributed by atoms with van der Waals surface area (Å²) in [6.45, 7) is 8.51. The van der Waals surface area contributed by atoms with Gasteiger partial charge in [-0.25, -0.2) is 0 Å². The molecule has 108 valence electrons. The normalized spacial score (nSPS) is 22.4. The van der Waals surface area contributed by atoms with E-state index in [4.69, 9.17) is 9.90 Å². The van der Waals surface area contributed by atoms with Crippen molar-refractivity contribution in [1.29, 1.82) is 0 Å². The molecule has 1 heterocycles. The van der Waals surface area contributed by atoms with Gasteiger partial charge < -0.3 is 14.8 Å². The molecule has 0 aliphatic carbocycles. The maximum absolute atomic E-state index is 8.89. The molecular formula is C15H31NO2. The molecule has 1 rings (SSSR count). The lowest BCUT2D eigenvalue weighted by atomic mass is 10.1. The number of carboxylic acids is 1. The monoisotopic (exact) mass is 257 g/mol. The fraction of sp³-hybridized carbons (Fsp3) is 0.933. The van der Waals surface area contributed by atoms with Crippen LogP contribution in [0.5, 0.6) is 0 Å². The van der Waals surface area contributed by atoms with Crippen LogP contribution in [0.2, 0.25) is 0 Å². The van der Waals surface area contributed by atoms with Gasteiger partial charge in [0.05, 0.1) is 19.1 Å². The number of carbonyl (C=O) groups is 1. The number of hydrogen-bond acceptors (Lipinski definition) is 2. The van der Waals surface area contributed by atoms with E-state index in [9.17, 15) is 0 Å². The third-order valence-corrected chi connectivity index (χ3v) is 3.72. The molecule has 1 saturated heterocycles. The molecule has 0 aromatic carbocycles. The number of unbranched alkanes of at least 4 members (excludes halogenated alkanes) is 4. The maximum atomic E-state index is 8.89. The molecule has 0 aromatic heterocycles. The first-order valence-electron chi connectivity index (χ1n) is 7.63. The van der Waals surface area contributed by atoms with E-state index < -0.39 is 5.97 Å². The molecule has 3 heteroatoms. The number of hydrogen-bond donors (Lipinski definition) is 1. The van der Waals surface area contributed by atoms with Gasteiger partial charge >= 0.3 is 0 Å². The molecule has 1 fully saturated rings. The van der Waals surface area contributed by atoms with Crippen molar-refractivity contribution in [3.8, 4) is 0 Å². The first kappa shape index (κ1) is 17.4. The van der Waals surface area contributed by atoms with Crippen LogP contribution < -0.4 is 10.0 Å². The van der Waals surface area contributed by atoms with Crippen LogP contribution in [0.4, 0.5) is 0 Å². The minimum absolute atomic E-state index is 0.972. The van der Waals surface area contributed by atoms with Crippen LogP contribution in [0, 0.1) is 0 Å². The molecule has 2 unspecified atom stereocenters. The number of carboxylic acid groups (broad SMARTS) is 1. The molecule has 0 amide bonds. The number of quaternary nitrogens is 1. The molecule has 1 aliphatic heterocycles. The van der Waals surface area contributed by atoms with Gasteiger partial charge in [0.2, 0.25) is 0 Å². The predicted molar refractivity (Wildman–Crippen MR) is 73.4 cm³/mol. The Hall–Kier alpha value is -0.570. The zero-order valence-corrected chi connectivity index (χ0v) is 12.5. The van der Waals surface area contributed by atoms with Crippen molar-refractivity contribution in [2.45, 2.75) is 78.2 Å². The van der Waals surface area contributed by atoms with Crippen molar-refractivity contribution in [1.82, 2.24) is 0 Å². The lowest BCUT2D eigenvalue weighted by Crippen LogP contribution is -3.13. The fourth-order valence-corrected chi connectivity index (χ4v) is 2.76. The number of nitrogens with one attached hydrogen (secondary N) is 1. The molecule has 18 heavy (non-hydrogen) atoms. The average Bonchev–Trinajstić information content (AvgIpc) is 2.75. The second kappa shape index (κ2) is 11.5. The molecule has 0 saturated carbocycles. The summed E-state index contributed by atoms with van der Waals surface area (Å²) in [5.74, 6) is -1.08. The van der Waals surface area contributed by atoms with Crippen LogP contribution >= 0.6 is 0 Å². The third kappa shape index (κ3) is 9.46. The Morgan fingerprint density at radius 3 is 2.39 bits per heavy atom. The molecule has 2 atom stereocenters. The number of rotatable bonds is 7. The Labute approximate surface area is 113 Å². The third-order valence-electron chi connectivity index (χ3n) is 3.72. The van der Waals surface area contributed by atoms with E-state index in [2.05, 4.69) is 13.8 Å². The van der Waals surface area contributed by atoms with Gasteiger partial charge in [0.15, 0.2) is 0 Å². The molecule has 0 bridgehead atoms. The summed E-state index contributed by atoms with van der Waals surface area (Å²) < 4.78 is 0. The van der Waals surface area contributed by atoms with Gasteiger partial charge in [0, 0.05) is 18.8 Å². The van der Waals surface area contributed by atoms with E-state index in [1.54, 1.807) is 0 Å². The van der Waals surface area contributed by atoms with Crippen molar-refractivity contribution in [3.63, 3.8) is 0 Å². The van der Waals surface area contributed by atoms with E-state index >= 15 is 0 Å². The van der Waals surface area contributed by atoms with E-state index in [1.165, 1.54) is 64.5 Å². The van der Waals surface area contributed by atoms with Crippen LogP contribution in [-0.4, -0.2) is 25.1 Å². The summed E-state index contributed by atoms with van der Waals surface area (Å²) in [6.07, 6.45) is 11.6. The van der Waals surface area contributed by atoms with Crippen molar-refractivity contribution in [3.05, 3.63) is 0 Å². The Morgan fingerprint density at radius 1 is 1.22 bits per heavy atom. The molecule has 1 aliphatic rings. The number of carbonyl (C=O) groups excluding carboxylic acids is 1. The van der Waals surface area contributed by atoms with Crippen molar-refractivity contribution in [2.75, 3.05) is 13.1 Å². The van der Waals surface area contributed by atoms with Crippen molar-refractivity contribution >= 4 is 5.97 Å². The first-order chi connectivity index (χ1) is 8.61. The minimum atomic E-state index is -1.08. The summed E-state index contributed by atoms with van der Waals surface area (Å²) >= 11 is 0. The standard InChI is InChI=1S/C13H27N.C2H4O2/c1-3-5-6-7-8-11-14-12-9-10-13(14)4-2;1-2(3)4/h13H,3-12H2,1-2H3;1H3,(H,3,4). The number of likely N-dealkylation sites (tertiary alicyclic amines) is 1. The van der Waals surface area contributed by atoms with Gasteiger partial charge in [0.25, 0.3) is 0 Å². The van der Waals surface area contributed by atoms with Crippen LogP contribution in [-0.2, 0) is 4.79 Å². The predicted octanol–water partition coefficient (Wildman–Crippen LogP) is 1.17. The topological polar surface area (TPSA) is 44.6 Å². The maximum Gasteiger partial charge on any atom is 0.0874 e. The molecule has 0 aromatic rings. The summed E-state index contributed by atoms with van der Waals surface area (Å²) in [5.41, 5.74) is 0. The second-order valence-electron chi connectivity index (χ2n) is 5.31. The lowest BCUT2D eigenvalue weighted by Gasteiger charge is -2.20. The van der Waals surface area contributed by atoms with Crippen LogP contribution in [0.15, 0.2) is 0 Å². The van der Waals surface area contributed by atoms with Gasteiger partial charge in [-0.2, -0.15) is 0 Å². The molecular weight excluding hydrogens is 226 g/mol. The summed E-state index contributed by atoms with van der Waals surface area (Å²) in [7, 11) is 0. The highest BCUT2D eigenvalue weighted by molar-refractivity contribution is 5.60. The van der Waals surface area contributed by atoms with Gasteiger partial charge in [-0.3, -0.25) is 0 Å². The minimum Gasteiger partial charge on any atom is -0.550 e. The largest absolute Gasteiger partial charge is 0.550 e. The van der Waals surface area contributed by atoms with Crippen LogP contribution in [0.1, 0.15) is 72.1 Å². The SMILES string of the molecule is CC(=O)[O-].CCCCCCC[NH+]1CCCC1CC. The lowest BCUT2D eigenvalue weighted by molar-refractivity contribution is -0.912.